The highest BCUT2D eigenvalue weighted by Gasteiger charge is 2.13. The van der Waals surface area contributed by atoms with E-state index in [0.717, 1.165) is 5.56 Å². The molecule has 2 aromatic rings. The summed E-state index contributed by atoms with van der Waals surface area (Å²) >= 11 is 12.0. The molecule has 1 atom stereocenters. The van der Waals surface area contributed by atoms with Gasteiger partial charge in [-0.2, -0.15) is 0 Å². The monoisotopic (exact) mass is 294 g/mol. The van der Waals surface area contributed by atoms with Crippen molar-refractivity contribution in [3.63, 3.8) is 0 Å². The molecular weight excluding hydrogens is 279 g/mol. The van der Waals surface area contributed by atoms with Crippen LogP contribution in [0.3, 0.4) is 0 Å². The van der Waals surface area contributed by atoms with Crippen LogP contribution in [0.1, 0.15) is 28.4 Å². The Balaban J connectivity index is 2.20. The molecule has 0 radical (unpaired) electrons. The molecule has 0 aromatic heterocycles. The smallest absolute Gasteiger partial charge is 0.0844 e. The third-order valence-corrected chi connectivity index (χ3v) is 3.88. The maximum atomic E-state index is 10.3. The number of aryl methyl sites for hydroxylation is 2. The van der Waals surface area contributed by atoms with Gasteiger partial charge in [0, 0.05) is 16.5 Å². The lowest BCUT2D eigenvalue weighted by Crippen LogP contribution is -2.03. The summed E-state index contributed by atoms with van der Waals surface area (Å²) in [4.78, 5) is 0. The second-order valence-corrected chi connectivity index (χ2v) is 5.65. The number of aliphatic hydroxyl groups excluding tert-OH is 1. The van der Waals surface area contributed by atoms with Crippen LogP contribution in [0.15, 0.2) is 36.4 Å². The minimum Gasteiger partial charge on any atom is -0.388 e. The molecule has 0 heterocycles. The molecular formula is C16H16Cl2O. The van der Waals surface area contributed by atoms with E-state index in [1.807, 2.05) is 6.07 Å². The summed E-state index contributed by atoms with van der Waals surface area (Å²) in [5.74, 6) is 0. The lowest BCUT2D eigenvalue weighted by Gasteiger charge is -2.14. The number of aliphatic hydroxyl groups is 1. The topological polar surface area (TPSA) is 20.2 Å². The van der Waals surface area contributed by atoms with Crippen LogP contribution in [-0.2, 0) is 6.42 Å². The molecule has 100 valence electrons. The van der Waals surface area contributed by atoms with Crippen molar-refractivity contribution in [2.24, 2.45) is 0 Å². The molecule has 0 fully saturated rings. The zero-order valence-electron chi connectivity index (χ0n) is 11.0. The first kappa shape index (κ1) is 14.4. The largest absolute Gasteiger partial charge is 0.388 e. The molecule has 3 heteroatoms. The molecule has 1 N–H and O–H groups in total. The lowest BCUT2D eigenvalue weighted by atomic mass is 9.98. The van der Waals surface area contributed by atoms with Crippen LogP contribution >= 0.6 is 23.2 Å². The van der Waals surface area contributed by atoms with Crippen molar-refractivity contribution in [1.29, 1.82) is 0 Å². The Bertz CT molecular complexity index is 593. The van der Waals surface area contributed by atoms with Crippen molar-refractivity contribution in [3.05, 3.63) is 68.7 Å². The second kappa shape index (κ2) is 5.96. The van der Waals surface area contributed by atoms with E-state index < -0.39 is 6.10 Å². The molecule has 0 amide bonds. The first-order valence-electron chi connectivity index (χ1n) is 6.16. The maximum absolute atomic E-state index is 10.3. The highest BCUT2D eigenvalue weighted by Crippen LogP contribution is 2.28. The summed E-state index contributed by atoms with van der Waals surface area (Å²) in [5, 5.41) is 11.4. The van der Waals surface area contributed by atoms with Gasteiger partial charge in [-0.15, -0.1) is 0 Å². The quantitative estimate of drug-likeness (QED) is 0.855. The van der Waals surface area contributed by atoms with E-state index in [2.05, 4.69) is 26.0 Å². The average Bonchev–Trinajstić information content (AvgIpc) is 2.33. The molecule has 19 heavy (non-hydrogen) atoms. The van der Waals surface area contributed by atoms with Gasteiger partial charge in [0.25, 0.3) is 0 Å². The van der Waals surface area contributed by atoms with E-state index in [-0.39, 0.29) is 0 Å². The van der Waals surface area contributed by atoms with Crippen molar-refractivity contribution < 1.29 is 5.11 Å². The third-order valence-electron chi connectivity index (χ3n) is 3.32. The van der Waals surface area contributed by atoms with Crippen LogP contribution in [0.25, 0.3) is 0 Å². The number of hydrogen-bond acceptors (Lipinski definition) is 1. The van der Waals surface area contributed by atoms with Crippen molar-refractivity contribution in [2.75, 3.05) is 0 Å². The van der Waals surface area contributed by atoms with Crippen LogP contribution in [0.4, 0.5) is 0 Å². The summed E-state index contributed by atoms with van der Waals surface area (Å²) in [6, 6.07) is 11.4. The number of hydrogen-bond donors (Lipinski definition) is 1. The van der Waals surface area contributed by atoms with Gasteiger partial charge >= 0.3 is 0 Å². The lowest BCUT2D eigenvalue weighted by molar-refractivity contribution is 0.178. The molecule has 0 spiro atoms. The highest BCUT2D eigenvalue weighted by atomic mass is 35.5. The summed E-state index contributed by atoms with van der Waals surface area (Å²) in [6.07, 6.45) is -0.0745. The van der Waals surface area contributed by atoms with Crippen molar-refractivity contribution in [1.82, 2.24) is 0 Å². The maximum Gasteiger partial charge on any atom is 0.0844 e. The third kappa shape index (κ3) is 3.50. The molecule has 0 aliphatic heterocycles. The van der Waals surface area contributed by atoms with Gasteiger partial charge in [-0.05, 0) is 48.2 Å². The van der Waals surface area contributed by atoms with Crippen LogP contribution in [0, 0.1) is 13.8 Å². The minimum absolute atomic E-state index is 0.504. The number of rotatable bonds is 3. The van der Waals surface area contributed by atoms with E-state index in [9.17, 15) is 5.11 Å². The first-order valence-corrected chi connectivity index (χ1v) is 6.92. The summed E-state index contributed by atoms with van der Waals surface area (Å²) in [7, 11) is 0. The average molecular weight is 295 g/mol. The molecule has 1 unspecified atom stereocenters. The predicted molar refractivity (Wildman–Crippen MR) is 81.0 cm³/mol. The SMILES string of the molecule is Cc1ccc(CC(O)c2ccc(Cl)cc2Cl)cc1C. The van der Waals surface area contributed by atoms with Crippen LogP contribution in [-0.4, -0.2) is 5.11 Å². The summed E-state index contributed by atoms with van der Waals surface area (Å²) in [5.41, 5.74) is 4.29. The zero-order chi connectivity index (χ0) is 14.0. The zero-order valence-corrected chi connectivity index (χ0v) is 12.5. The van der Waals surface area contributed by atoms with Crippen LogP contribution < -0.4 is 0 Å². The molecule has 0 bridgehead atoms. The van der Waals surface area contributed by atoms with E-state index in [1.165, 1.54) is 11.1 Å². The van der Waals surface area contributed by atoms with Crippen molar-refractivity contribution in [2.45, 2.75) is 26.4 Å². The van der Waals surface area contributed by atoms with Crippen LogP contribution in [0.2, 0.25) is 10.0 Å². The Hall–Kier alpha value is -1.02. The van der Waals surface area contributed by atoms with E-state index in [4.69, 9.17) is 23.2 Å². The standard InChI is InChI=1S/C16H16Cl2O/c1-10-3-4-12(7-11(10)2)8-16(19)14-6-5-13(17)9-15(14)18/h3-7,9,16,19H,8H2,1-2H3. The Morgan fingerprint density at radius 2 is 1.74 bits per heavy atom. The normalized spacial score (nSPS) is 12.5. The van der Waals surface area contributed by atoms with Gasteiger partial charge < -0.3 is 5.11 Å². The van der Waals surface area contributed by atoms with Gasteiger partial charge in [-0.1, -0.05) is 47.5 Å². The minimum atomic E-state index is -0.619. The van der Waals surface area contributed by atoms with E-state index >= 15 is 0 Å². The molecule has 0 saturated carbocycles. The molecule has 1 nitrogen and oxygen atoms in total. The van der Waals surface area contributed by atoms with Gasteiger partial charge in [0.1, 0.15) is 0 Å². The summed E-state index contributed by atoms with van der Waals surface area (Å²) < 4.78 is 0. The van der Waals surface area contributed by atoms with E-state index in [0.29, 0.717) is 22.0 Å². The van der Waals surface area contributed by atoms with Gasteiger partial charge in [0.2, 0.25) is 0 Å². The molecule has 2 rings (SSSR count). The summed E-state index contributed by atoms with van der Waals surface area (Å²) in [6.45, 7) is 4.14. The molecule has 0 saturated heterocycles. The fourth-order valence-corrected chi connectivity index (χ4v) is 2.57. The Labute approximate surface area is 123 Å². The van der Waals surface area contributed by atoms with Gasteiger partial charge in [-0.25, -0.2) is 0 Å². The van der Waals surface area contributed by atoms with Crippen LogP contribution in [0.5, 0.6) is 0 Å². The van der Waals surface area contributed by atoms with Crippen molar-refractivity contribution >= 4 is 23.2 Å². The predicted octanol–water partition coefficient (Wildman–Crippen LogP) is 4.89. The molecule has 0 aliphatic carbocycles. The fourth-order valence-electron chi connectivity index (χ4n) is 2.04. The molecule has 2 aromatic carbocycles. The first-order chi connectivity index (χ1) is 8.97. The van der Waals surface area contributed by atoms with E-state index in [1.54, 1.807) is 18.2 Å². The Kier molecular flexibility index (Phi) is 4.51. The molecule has 0 aliphatic rings. The van der Waals surface area contributed by atoms with Gasteiger partial charge in [0.15, 0.2) is 0 Å². The van der Waals surface area contributed by atoms with Gasteiger partial charge in [0.05, 0.1) is 6.10 Å². The highest BCUT2D eigenvalue weighted by molar-refractivity contribution is 6.35. The fraction of sp³-hybridized carbons (Fsp3) is 0.250. The van der Waals surface area contributed by atoms with Gasteiger partial charge in [-0.3, -0.25) is 0 Å². The number of halogens is 2. The second-order valence-electron chi connectivity index (χ2n) is 4.80. The Morgan fingerprint density at radius 3 is 2.37 bits per heavy atom. The Morgan fingerprint density at radius 1 is 1.00 bits per heavy atom. The number of benzene rings is 2. The van der Waals surface area contributed by atoms with Crippen molar-refractivity contribution in [3.8, 4) is 0 Å².